The number of carbonyl (C=O) groups excluding carboxylic acids is 13. The number of halogens is 1. The lowest BCUT2D eigenvalue weighted by molar-refractivity contribution is -0.156. The maximum Gasteiger partial charge on any atom is 0.323 e. The lowest BCUT2D eigenvalue weighted by Gasteiger charge is -2.37. The second-order valence-electron chi connectivity index (χ2n) is 30.6. The van der Waals surface area contributed by atoms with E-state index in [2.05, 4.69) is 104 Å². The Bertz CT molecular complexity index is 3290. The first-order valence-electron chi connectivity index (χ1n) is 39.1. The summed E-state index contributed by atoms with van der Waals surface area (Å²) in [5.41, 5.74) is 7.19. The number of esters is 2. The van der Waals surface area contributed by atoms with Gasteiger partial charge in [0, 0.05) is 142 Å². The molecule has 2 aromatic carbocycles. The fraction of sp³-hybridized carbons (Fsp3) is 0.671. The van der Waals surface area contributed by atoms with Crippen molar-refractivity contribution < 1.29 is 90.9 Å². The molecule has 9 aliphatic rings. The van der Waals surface area contributed by atoms with Gasteiger partial charge in [-0.05, 0) is 138 Å². The first kappa shape index (κ1) is 102. The van der Waals surface area contributed by atoms with Gasteiger partial charge in [0.05, 0.1) is 58.5 Å². The molecule has 7 fully saturated rings. The van der Waals surface area contributed by atoms with Crippen molar-refractivity contribution in [3.8, 4) is 0 Å². The van der Waals surface area contributed by atoms with Gasteiger partial charge in [0.25, 0.3) is 23.6 Å². The van der Waals surface area contributed by atoms with Crippen molar-refractivity contribution in [1.29, 1.82) is 0 Å². The Morgan fingerprint density at radius 1 is 0.540 bits per heavy atom. The third kappa shape index (κ3) is 39.1. The zero-order valence-electron chi connectivity index (χ0n) is 67.7. The van der Waals surface area contributed by atoms with Gasteiger partial charge >= 0.3 is 17.9 Å². The van der Waals surface area contributed by atoms with E-state index in [1.54, 1.807) is 63.2 Å². The number of aliphatic hydroxyl groups excluding tert-OH is 1. The average molecular weight is 1720 g/mol. The van der Waals surface area contributed by atoms with Crippen LogP contribution in [0.1, 0.15) is 206 Å². The van der Waals surface area contributed by atoms with E-state index in [9.17, 15) is 67.1 Å². The largest absolute Gasteiger partial charge is 0.481 e. The van der Waals surface area contributed by atoms with Gasteiger partial charge in [-0.1, -0.05) is 89.2 Å². The van der Waals surface area contributed by atoms with Crippen molar-refractivity contribution in [3.63, 3.8) is 0 Å². The van der Waals surface area contributed by atoms with Crippen LogP contribution in [-0.2, 0) is 61.5 Å². The number of fused-ring (bicyclic) bond motifs is 2. The van der Waals surface area contributed by atoms with Crippen molar-refractivity contribution in [2.24, 2.45) is 5.73 Å². The van der Waals surface area contributed by atoms with Crippen LogP contribution in [0, 0.1) is 0 Å². The summed E-state index contributed by atoms with van der Waals surface area (Å²) in [7, 11) is -3.11. The predicted octanol–water partition coefficient (Wildman–Crippen LogP) is 8.90. The third-order valence-corrected chi connectivity index (χ3v) is 31.1. The lowest BCUT2D eigenvalue weighted by atomic mass is 10.1. The van der Waals surface area contributed by atoms with Crippen LogP contribution in [0.3, 0.4) is 0 Å². The van der Waals surface area contributed by atoms with Gasteiger partial charge in [0.1, 0.15) is 0 Å². The van der Waals surface area contributed by atoms with Crippen LogP contribution >= 0.6 is 39.5 Å². The number of β-amino-alcohol motifs (C(OH)–C–C–N with tert-alkyl or cyclic N) is 1. The number of carboxylic acids is 1. The summed E-state index contributed by atoms with van der Waals surface area (Å²) in [5.74, 6) is -1.13. The number of thioether (sulfide) groups is 2. The fourth-order valence-corrected chi connectivity index (χ4v) is 15.1. The minimum Gasteiger partial charge on any atom is -0.481 e. The van der Waals surface area contributed by atoms with E-state index in [4.69, 9.17) is 24.8 Å². The molecule has 9 aliphatic heterocycles. The van der Waals surface area contributed by atoms with Crippen LogP contribution in [0.2, 0.25) is 36.3 Å². The molecule has 7 saturated heterocycles. The average Bonchev–Trinajstić information content (AvgIpc) is 1.64. The van der Waals surface area contributed by atoms with Crippen LogP contribution < -0.4 is 21.7 Å². The van der Waals surface area contributed by atoms with Gasteiger partial charge in [-0.3, -0.25) is 77.3 Å². The monoisotopic (exact) mass is 1720 g/mol. The smallest absolute Gasteiger partial charge is 0.323 e. The number of carboxylic acid groups (broad SMARTS) is 1. The minimum atomic E-state index is -1.65. The molecule has 0 bridgehead atoms. The molecule has 0 spiro atoms. The Balaban J connectivity index is 0.000000439. The van der Waals surface area contributed by atoms with Gasteiger partial charge in [-0.15, -0.1) is 23.5 Å². The zero-order chi connectivity index (χ0) is 83.5. The van der Waals surface area contributed by atoms with Crippen LogP contribution in [0.4, 0.5) is 0 Å². The molecule has 29 nitrogen and oxygen atoms in total. The standard InChI is InChI=1S/C15H16N2O3.C13H27NO2Si.C11H18N2O4S.C8H19BrOSi.C8H5NO2.C7H14N2O.C7H13NO2.C5H9NO.C4H4O3S.CH4/c18-13-7-3-4-8-16(13)9-10-17-14(19)11-5-1-2-6-12(11)15(17)20;1-13(2,3)17(4,5)16-11-10-14-9-7-6-8-12(14)15;14-9(7-18-8-11(16)17)12-4-6-13-5-2-1-3-10(13)15;1-8(2,3)11(4,5)10-7-6-9;10-7-5-3-1-2-4-6(5)8(11)9-7;8-4-6-9-5-2-1-3-7(9)10;9-6-5-8-4-2-1-3-7(8)10;7-5-3-1-2-4-6-5;5-3-1-8-2-4(6)7-3;/h1-2,5-6H,3-4,7-10H2;6-11H2,1-5H3;1-8H2,(H,12,14)(H,16,17);6-7H2,1-5H3;1-4H,(H,9,10,11);1-6,8H2;9H,1-6H2;1-4H2,(H,6,7);1-2H2;1H4. The molecular weight excluding hydrogens is 1590 g/mol. The van der Waals surface area contributed by atoms with E-state index in [0.717, 1.165) is 172 Å². The number of piperidine rings is 6. The molecule has 0 atom stereocenters. The maximum atomic E-state index is 12.2. The molecule has 113 heavy (non-hydrogen) atoms. The Morgan fingerprint density at radius 2 is 0.929 bits per heavy atom. The number of rotatable bonds is 21. The van der Waals surface area contributed by atoms with Gasteiger partial charge < -0.3 is 64.7 Å². The van der Waals surface area contributed by atoms with Crippen molar-refractivity contribution >= 4 is 139 Å². The summed E-state index contributed by atoms with van der Waals surface area (Å²) >= 11 is 5.72. The Morgan fingerprint density at radius 3 is 1.27 bits per heavy atom. The number of nitrogens with one attached hydrogen (secondary N) is 3. The number of hydrogen-bond donors (Lipinski definition) is 6. The summed E-state index contributed by atoms with van der Waals surface area (Å²) in [6.45, 7) is 33.5. The van der Waals surface area contributed by atoms with Crippen LogP contribution in [-0.4, -0.2) is 279 Å². The number of hydrogen-bond acceptors (Lipinski definition) is 21. The zero-order valence-corrected chi connectivity index (χ0v) is 72.9. The number of benzene rings is 2. The number of nitrogens with two attached hydrogens (primary N) is 1. The van der Waals surface area contributed by atoms with Crippen LogP contribution in [0.15, 0.2) is 48.5 Å². The molecule has 7 N–H and O–H groups in total. The van der Waals surface area contributed by atoms with Crippen molar-refractivity contribution in [2.75, 3.05) is 140 Å². The number of nitrogens with zero attached hydrogens (tertiary/aromatic N) is 6. The molecule has 0 unspecified atom stereocenters. The molecular formula is C79H129BrN10O19S2Si2. The maximum absolute atomic E-state index is 12.2. The number of aliphatic carboxylic acids is 1. The minimum absolute atomic E-state index is 0. The van der Waals surface area contributed by atoms with E-state index in [-0.39, 0.29) is 96.2 Å². The quantitative estimate of drug-likeness (QED) is 0.0223. The van der Waals surface area contributed by atoms with E-state index < -0.39 is 34.5 Å². The normalized spacial score (nSPS) is 17.6. The molecule has 11 rings (SSSR count). The van der Waals surface area contributed by atoms with Crippen molar-refractivity contribution in [2.45, 2.75) is 201 Å². The molecule has 0 saturated carbocycles. The first-order valence-corrected chi connectivity index (χ1v) is 48.3. The van der Waals surface area contributed by atoms with E-state index in [1.165, 1.54) is 16.7 Å². The fourth-order valence-electron chi connectivity index (χ4n) is 11.4. The number of cyclic esters (lactones) is 2. The highest BCUT2D eigenvalue weighted by molar-refractivity contribution is 9.09. The SMILES string of the molecule is C.CC(C)(C)[Si](C)(C)OCCBr.CC(C)(C)[Si](C)(C)OCCN1CCCCC1=O.NCCN1CCCCC1=O.O=C(O)CSCC(=O)NCCN1CCCCC1=O.O=C1CCCCN1.O=C1CCCCN1CCN1C(=O)c2ccccc2C1=O.O=C1CCCCN1CCO.O=C1CSCC(=O)O1.O=C1NC(=O)c2ccccc21. The molecule has 0 aromatic heterocycles. The van der Waals surface area contributed by atoms with E-state index in [1.807, 2.05) is 9.80 Å². The second-order valence-corrected chi connectivity index (χ2v) is 43.0. The highest BCUT2D eigenvalue weighted by atomic mass is 79.9. The third-order valence-electron chi connectivity index (χ3n) is 20.0. The number of amides is 11. The summed E-state index contributed by atoms with van der Waals surface area (Å²) in [5, 5.41) is 26.1. The number of carbonyl (C=O) groups is 14. The summed E-state index contributed by atoms with van der Waals surface area (Å²) in [6.07, 6.45) is 16.7. The van der Waals surface area contributed by atoms with Crippen molar-refractivity contribution in [3.05, 3.63) is 70.8 Å². The molecule has 636 valence electrons. The van der Waals surface area contributed by atoms with Gasteiger partial charge in [-0.25, -0.2) is 0 Å². The number of alkyl halides is 1. The Hall–Kier alpha value is -6.93. The number of ether oxygens (including phenoxy) is 1. The number of aliphatic hydroxyl groups is 1. The Labute approximate surface area is 688 Å². The van der Waals surface area contributed by atoms with E-state index in [0.29, 0.717) is 103 Å². The van der Waals surface area contributed by atoms with Gasteiger partial charge in [0.2, 0.25) is 41.4 Å². The first-order chi connectivity index (χ1) is 53.0. The molecule has 0 radical (unpaired) electrons. The van der Waals surface area contributed by atoms with Gasteiger partial charge in [0.15, 0.2) is 16.6 Å². The summed E-state index contributed by atoms with van der Waals surface area (Å²) in [6, 6.07) is 13.6. The number of likely N-dealkylation sites (tertiary alicyclic amines) is 5. The summed E-state index contributed by atoms with van der Waals surface area (Å²) in [4.78, 5) is 166. The van der Waals surface area contributed by atoms with Crippen molar-refractivity contribution in [1.82, 2.24) is 45.3 Å². The topological polar surface area (TPSA) is 389 Å². The number of imide groups is 2. The highest BCUT2D eigenvalue weighted by Crippen LogP contribution is 2.37. The molecule has 34 heteroatoms. The van der Waals surface area contributed by atoms with E-state index >= 15 is 0 Å². The lowest BCUT2D eigenvalue weighted by Crippen LogP contribution is -2.44. The molecule has 2 aromatic rings. The Kier molecular flexibility index (Phi) is 48.9. The molecule has 9 heterocycles. The van der Waals surface area contributed by atoms with Crippen LogP contribution in [0.5, 0.6) is 0 Å². The van der Waals surface area contributed by atoms with Crippen LogP contribution in [0.25, 0.3) is 0 Å². The molecule has 0 aliphatic carbocycles. The molecule has 11 amide bonds. The second kappa shape index (κ2) is 54.1. The van der Waals surface area contributed by atoms with Gasteiger partial charge in [-0.2, -0.15) is 0 Å². The predicted molar refractivity (Wildman–Crippen MR) is 448 cm³/mol. The summed E-state index contributed by atoms with van der Waals surface area (Å²) < 4.78 is 16.1. The highest BCUT2D eigenvalue weighted by Gasteiger charge is 2.39.